The lowest BCUT2D eigenvalue weighted by molar-refractivity contribution is 0.712. The minimum atomic E-state index is -0.00404. The van der Waals surface area contributed by atoms with Crippen LogP contribution in [0.4, 0.5) is 11.8 Å². The van der Waals surface area contributed by atoms with Crippen LogP contribution < -0.4 is 16.2 Å². The van der Waals surface area contributed by atoms with Crippen molar-refractivity contribution in [2.75, 3.05) is 10.6 Å². The van der Waals surface area contributed by atoms with Gasteiger partial charge in [0.15, 0.2) is 0 Å². The number of pyridine rings is 2. The van der Waals surface area contributed by atoms with Crippen molar-refractivity contribution in [3.05, 3.63) is 63.8 Å². The predicted octanol–water partition coefficient (Wildman–Crippen LogP) is 3.69. The van der Waals surface area contributed by atoms with Gasteiger partial charge >= 0.3 is 0 Å². The van der Waals surface area contributed by atoms with Crippen molar-refractivity contribution in [3.63, 3.8) is 0 Å². The molecule has 0 amide bonds. The van der Waals surface area contributed by atoms with Crippen molar-refractivity contribution < 1.29 is 0 Å². The summed E-state index contributed by atoms with van der Waals surface area (Å²) >= 11 is 1.53. The Balaban J connectivity index is 1.24. The lowest BCUT2D eigenvalue weighted by atomic mass is 10.2. The van der Waals surface area contributed by atoms with Crippen molar-refractivity contribution in [1.29, 1.82) is 0 Å². The van der Waals surface area contributed by atoms with Crippen molar-refractivity contribution in [2.45, 2.75) is 45.2 Å². The van der Waals surface area contributed by atoms with Gasteiger partial charge in [0.2, 0.25) is 5.95 Å². The van der Waals surface area contributed by atoms with E-state index in [0.29, 0.717) is 18.0 Å². The number of hydrogen-bond donors (Lipinski definition) is 2. The highest BCUT2D eigenvalue weighted by molar-refractivity contribution is 7.18. The summed E-state index contributed by atoms with van der Waals surface area (Å²) in [4.78, 5) is 22.8. The van der Waals surface area contributed by atoms with E-state index < -0.39 is 0 Å². The number of hydrogen-bond acceptors (Lipinski definition) is 8. The van der Waals surface area contributed by atoms with Crippen LogP contribution in [0, 0.1) is 13.8 Å². The summed E-state index contributed by atoms with van der Waals surface area (Å²) in [7, 11) is 0. The maximum absolute atomic E-state index is 12.8. The van der Waals surface area contributed by atoms with Gasteiger partial charge in [-0.1, -0.05) is 0 Å². The largest absolute Gasteiger partial charge is 0.367 e. The van der Waals surface area contributed by atoms with Gasteiger partial charge in [0.05, 0.1) is 23.8 Å². The fourth-order valence-corrected chi connectivity index (χ4v) is 4.95. The standard InChI is InChI=1S/C22H23N7OS/c1-13-11-24-22(28-27-13)26-17-4-3-16(10-17)25-19-6-5-18(12-23-19)29-8-7-15-9-14(2)31-20(15)21(29)30/h5-9,11-12,16-17H,3-4,10H2,1-2H3,(H,23,25)(H,24,26,28)/t16-,17-/m0/s1. The quantitative estimate of drug-likeness (QED) is 0.495. The maximum atomic E-state index is 12.8. The van der Waals surface area contributed by atoms with Crippen LogP contribution in [0.25, 0.3) is 15.8 Å². The molecule has 5 rings (SSSR count). The van der Waals surface area contributed by atoms with E-state index in [-0.39, 0.29) is 5.56 Å². The van der Waals surface area contributed by atoms with Crippen LogP contribution in [0.1, 0.15) is 29.8 Å². The van der Waals surface area contributed by atoms with Crippen molar-refractivity contribution in [1.82, 2.24) is 24.7 Å². The smallest absolute Gasteiger partial charge is 0.273 e. The van der Waals surface area contributed by atoms with Gasteiger partial charge in [-0.05, 0) is 62.8 Å². The number of fused-ring (bicyclic) bond motifs is 1. The molecular weight excluding hydrogens is 410 g/mol. The number of thiophene rings is 1. The SMILES string of the molecule is Cc1cnc(N[C@H]2CC[C@H](Nc3ccc(-n4ccc5cc(C)sc5c4=O)cn3)C2)nn1. The van der Waals surface area contributed by atoms with Crippen LogP contribution in [-0.2, 0) is 0 Å². The monoisotopic (exact) mass is 433 g/mol. The zero-order valence-corrected chi connectivity index (χ0v) is 18.2. The predicted molar refractivity (Wildman–Crippen MR) is 123 cm³/mol. The molecule has 4 aromatic heterocycles. The molecule has 2 N–H and O–H groups in total. The Morgan fingerprint density at radius 3 is 2.61 bits per heavy atom. The summed E-state index contributed by atoms with van der Waals surface area (Å²) in [5.74, 6) is 1.38. The second kappa shape index (κ2) is 8.07. The number of rotatable bonds is 5. The first-order chi connectivity index (χ1) is 15.0. The molecule has 1 aliphatic rings. The lowest BCUT2D eigenvalue weighted by Gasteiger charge is -2.15. The second-order valence-electron chi connectivity index (χ2n) is 7.95. The molecule has 0 saturated heterocycles. The Morgan fingerprint density at radius 1 is 1.03 bits per heavy atom. The number of aryl methyl sites for hydroxylation is 2. The molecule has 2 atom stereocenters. The molecular formula is C22H23N7OS. The van der Waals surface area contributed by atoms with E-state index in [9.17, 15) is 4.79 Å². The lowest BCUT2D eigenvalue weighted by Crippen LogP contribution is -2.22. The van der Waals surface area contributed by atoms with Crippen LogP contribution in [0.15, 0.2) is 47.7 Å². The topological polar surface area (TPSA) is 97.6 Å². The van der Waals surface area contributed by atoms with Crippen LogP contribution >= 0.6 is 11.3 Å². The normalized spacial score (nSPS) is 18.4. The molecule has 0 radical (unpaired) electrons. The second-order valence-corrected chi connectivity index (χ2v) is 9.21. The average Bonchev–Trinajstić information content (AvgIpc) is 3.37. The summed E-state index contributed by atoms with van der Waals surface area (Å²) in [5, 5.41) is 16.0. The van der Waals surface area contributed by atoms with Gasteiger partial charge in [-0.3, -0.25) is 9.36 Å². The van der Waals surface area contributed by atoms with Gasteiger partial charge < -0.3 is 10.6 Å². The molecule has 1 fully saturated rings. The third-order valence-electron chi connectivity index (χ3n) is 5.52. The fraction of sp³-hybridized carbons (Fsp3) is 0.318. The summed E-state index contributed by atoms with van der Waals surface area (Å²) in [6, 6.07) is 8.51. The summed E-state index contributed by atoms with van der Waals surface area (Å²) in [6.45, 7) is 3.89. The van der Waals surface area contributed by atoms with Gasteiger partial charge in [-0.25, -0.2) is 9.97 Å². The van der Waals surface area contributed by atoms with Crippen LogP contribution in [0.2, 0.25) is 0 Å². The van der Waals surface area contributed by atoms with Gasteiger partial charge in [0.1, 0.15) is 10.5 Å². The maximum Gasteiger partial charge on any atom is 0.273 e. The summed E-state index contributed by atoms with van der Waals surface area (Å²) in [5.41, 5.74) is 1.56. The zero-order valence-electron chi connectivity index (χ0n) is 17.4. The van der Waals surface area contributed by atoms with E-state index in [0.717, 1.165) is 51.4 Å². The molecule has 1 aliphatic carbocycles. The van der Waals surface area contributed by atoms with E-state index >= 15 is 0 Å². The number of nitrogens with zero attached hydrogens (tertiary/aromatic N) is 5. The molecule has 4 aromatic rings. The Morgan fingerprint density at radius 2 is 1.87 bits per heavy atom. The van der Waals surface area contributed by atoms with Gasteiger partial charge in [-0.2, -0.15) is 5.10 Å². The zero-order chi connectivity index (χ0) is 21.4. The highest BCUT2D eigenvalue weighted by Gasteiger charge is 2.25. The highest BCUT2D eigenvalue weighted by Crippen LogP contribution is 2.25. The Hall–Kier alpha value is -3.33. The molecule has 158 valence electrons. The van der Waals surface area contributed by atoms with E-state index in [1.807, 2.05) is 44.3 Å². The third-order valence-corrected chi connectivity index (χ3v) is 6.57. The van der Waals surface area contributed by atoms with Gasteiger partial charge in [-0.15, -0.1) is 16.4 Å². The molecule has 4 heterocycles. The highest BCUT2D eigenvalue weighted by atomic mass is 32.1. The van der Waals surface area contributed by atoms with Crippen LogP contribution in [0.3, 0.4) is 0 Å². The van der Waals surface area contributed by atoms with Crippen molar-refractivity contribution in [2.24, 2.45) is 0 Å². The third kappa shape index (κ3) is 4.13. The van der Waals surface area contributed by atoms with Crippen LogP contribution in [0.5, 0.6) is 0 Å². The Labute approximate surface area is 183 Å². The number of aromatic nitrogens is 5. The molecule has 0 aliphatic heterocycles. The number of nitrogens with one attached hydrogen (secondary N) is 2. The minimum absolute atomic E-state index is 0.00404. The molecule has 0 unspecified atom stereocenters. The van der Waals surface area contributed by atoms with Crippen molar-refractivity contribution >= 4 is 33.2 Å². The molecule has 1 saturated carbocycles. The Kier molecular flexibility index (Phi) is 5.11. The first kappa shape index (κ1) is 19.6. The first-order valence-electron chi connectivity index (χ1n) is 10.3. The minimum Gasteiger partial charge on any atom is -0.367 e. The molecule has 31 heavy (non-hydrogen) atoms. The van der Waals surface area contributed by atoms with E-state index in [4.69, 9.17) is 0 Å². The van der Waals surface area contributed by atoms with E-state index in [1.165, 1.54) is 11.3 Å². The van der Waals surface area contributed by atoms with Gasteiger partial charge in [0, 0.05) is 23.2 Å². The summed E-state index contributed by atoms with van der Waals surface area (Å²) in [6.07, 6.45) is 8.29. The number of anilines is 2. The van der Waals surface area contributed by atoms with E-state index in [1.54, 1.807) is 17.0 Å². The molecule has 0 bridgehead atoms. The average molecular weight is 434 g/mol. The van der Waals surface area contributed by atoms with Gasteiger partial charge in [0.25, 0.3) is 5.56 Å². The Bertz CT molecular complexity index is 1260. The van der Waals surface area contributed by atoms with Crippen molar-refractivity contribution in [3.8, 4) is 5.69 Å². The van der Waals surface area contributed by atoms with Crippen LogP contribution in [-0.4, -0.2) is 36.8 Å². The van der Waals surface area contributed by atoms with E-state index in [2.05, 4.69) is 30.8 Å². The molecule has 0 aromatic carbocycles. The molecule has 9 heteroatoms. The summed E-state index contributed by atoms with van der Waals surface area (Å²) < 4.78 is 2.43. The first-order valence-corrected chi connectivity index (χ1v) is 11.1. The molecule has 8 nitrogen and oxygen atoms in total. The molecule has 0 spiro atoms. The fourth-order valence-electron chi connectivity index (χ4n) is 4.01.